The highest BCUT2D eigenvalue weighted by molar-refractivity contribution is 8.00. The third-order valence-corrected chi connectivity index (χ3v) is 4.53. The van der Waals surface area contributed by atoms with Crippen molar-refractivity contribution in [1.29, 1.82) is 0 Å². The molecular formula is C15H16F3N3OS. The van der Waals surface area contributed by atoms with Crippen molar-refractivity contribution < 1.29 is 18.0 Å². The first kappa shape index (κ1) is 17.5. The maximum Gasteiger partial charge on any atom is 0.451 e. The standard InChI is InChI=1S/C15H16F3N3OS/c1-8-5-6-9(2)11(7-8)12(22)10(3)23-14-20-19-13(21(14)4)15(16,17)18/h5-7,10H,1-4H3. The second kappa shape index (κ2) is 6.35. The molecule has 2 rings (SSSR count). The Labute approximate surface area is 136 Å². The highest BCUT2D eigenvalue weighted by Crippen LogP contribution is 2.31. The van der Waals surface area contributed by atoms with Crippen LogP contribution in [0.15, 0.2) is 23.4 Å². The van der Waals surface area contributed by atoms with Crippen LogP contribution in [0.4, 0.5) is 13.2 Å². The van der Waals surface area contributed by atoms with Crippen LogP contribution >= 0.6 is 11.8 Å². The van der Waals surface area contributed by atoms with Gasteiger partial charge in [0.1, 0.15) is 0 Å². The van der Waals surface area contributed by atoms with E-state index in [9.17, 15) is 18.0 Å². The third kappa shape index (κ3) is 3.74. The van der Waals surface area contributed by atoms with E-state index in [2.05, 4.69) is 10.2 Å². The summed E-state index contributed by atoms with van der Waals surface area (Å²) in [5, 5.41) is 6.19. The summed E-state index contributed by atoms with van der Waals surface area (Å²) in [5.41, 5.74) is 2.36. The normalized spacial score (nSPS) is 13.2. The summed E-state index contributed by atoms with van der Waals surface area (Å²) >= 11 is 0.964. The fourth-order valence-corrected chi connectivity index (χ4v) is 2.98. The van der Waals surface area contributed by atoms with Gasteiger partial charge in [0, 0.05) is 12.6 Å². The molecule has 1 atom stereocenters. The molecule has 2 aromatic rings. The smallest absolute Gasteiger partial charge is 0.302 e. The third-order valence-electron chi connectivity index (χ3n) is 3.40. The van der Waals surface area contributed by atoms with Gasteiger partial charge in [-0.1, -0.05) is 29.5 Å². The number of Topliss-reactive ketones (excluding diaryl/α,β-unsaturated/α-hetero) is 1. The van der Waals surface area contributed by atoms with Gasteiger partial charge in [-0.2, -0.15) is 13.2 Å². The molecule has 0 spiro atoms. The van der Waals surface area contributed by atoms with Crippen LogP contribution in [0.25, 0.3) is 0 Å². The Morgan fingerprint density at radius 1 is 1.26 bits per heavy atom. The molecule has 1 aromatic heterocycles. The van der Waals surface area contributed by atoms with Gasteiger partial charge in [0.15, 0.2) is 10.9 Å². The highest BCUT2D eigenvalue weighted by atomic mass is 32.2. The van der Waals surface area contributed by atoms with Crippen LogP contribution in [0.5, 0.6) is 0 Å². The first-order valence-corrected chi connectivity index (χ1v) is 7.74. The van der Waals surface area contributed by atoms with Gasteiger partial charge in [0.25, 0.3) is 0 Å². The van der Waals surface area contributed by atoms with Gasteiger partial charge in [-0.05, 0) is 32.4 Å². The van der Waals surface area contributed by atoms with E-state index in [1.165, 1.54) is 7.05 Å². The lowest BCUT2D eigenvalue weighted by atomic mass is 10.0. The second-order valence-electron chi connectivity index (χ2n) is 5.31. The van der Waals surface area contributed by atoms with Gasteiger partial charge in [-0.15, -0.1) is 10.2 Å². The first-order chi connectivity index (χ1) is 10.6. The van der Waals surface area contributed by atoms with Crippen molar-refractivity contribution in [1.82, 2.24) is 14.8 Å². The molecule has 0 aliphatic carbocycles. The maximum atomic E-state index is 12.7. The maximum absolute atomic E-state index is 12.7. The predicted octanol–water partition coefficient (Wildman–Crippen LogP) is 3.81. The molecule has 0 bridgehead atoms. The first-order valence-electron chi connectivity index (χ1n) is 6.86. The number of aryl methyl sites for hydroxylation is 2. The Balaban J connectivity index is 2.22. The molecule has 23 heavy (non-hydrogen) atoms. The summed E-state index contributed by atoms with van der Waals surface area (Å²) in [7, 11) is 1.24. The molecule has 8 heteroatoms. The molecule has 1 aromatic carbocycles. The number of ketones is 1. The number of carbonyl (C=O) groups is 1. The van der Waals surface area contributed by atoms with Crippen molar-refractivity contribution in [2.24, 2.45) is 7.05 Å². The Kier molecular flexibility index (Phi) is 4.84. The van der Waals surface area contributed by atoms with Gasteiger partial charge in [-0.25, -0.2) is 0 Å². The van der Waals surface area contributed by atoms with Crippen molar-refractivity contribution in [2.45, 2.75) is 37.4 Å². The molecule has 0 aliphatic heterocycles. The number of rotatable bonds is 4. The number of alkyl halides is 3. The van der Waals surface area contributed by atoms with Crippen LogP contribution in [-0.2, 0) is 13.2 Å². The molecule has 1 unspecified atom stereocenters. The quantitative estimate of drug-likeness (QED) is 0.626. The van der Waals surface area contributed by atoms with Gasteiger partial charge < -0.3 is 4.57 Å². The molecular weight excluding hydrogens is 327 g/mol. The average Bonchev–Trinajstić information content (AvgIpc) is 2.82. The Bertz CT molecular complexity index is 740. The summed E-state index contributed by atoms with van der Waals surface area (Å²) in [4.78, 5) is 12.5. The summed E-state index contributed by atoms with van der Waals surface area (Å²) in [6, 6.07) is 5.54. The van der Waals surface area contributed by atoms with Crippen molar-refractivity contribution in [3.63, 3.8) is 0 Å². The number of nitrogens with zero attached hydrogens (tertiary/aromatic N) is 3. The number of thioether (sulfide) groups is 1. The molecule has 124 valence electrons. The van der Waals surface area contributed by atoms with E-state index in [4.69, 9.17) is 0 Å². The number of aromatic nitrogens is 3. The van der Waals surface area contributed by atoms with E-state index in [0.29, 0.717) is 5.56 Å². The number of hydrogen-bond acceptors (Lipinski definition) is 4. The molecule has 0 aliphatic rings. The Morgan fingerprint density at radius 2 is 1.91 bits per heavy atom. The average molecular weight is 343 g/mol. The number of benzene rings is 1. The molecule has 4 nitrogen and oxygen atoms in total. The predicted molar refractivity (Wildman–Crippen MR) is 81.6 cm³/mol. The fourth-order valence-electron chi connectivity index (χ4n) is 2.10. The van der Waals surface area contributed by atoms with Crippen LogP contribution < -0.4 is 0 Å². The SMILES string of the molecule is Cc1ccc(C)c(C(=O)C(C)Sc2nnc(C(F)(F)F)n2C)c1. The highest BCUT2D eigenvalue weighted by Gasteiger charge is 2.38. The summed E-state index contributed by atoms with van der Waals surface area (Å²) in [6.45, 7) is 5.36. The van der Waals surface area contributed by atoms with Crippen molar-refractivity contribution >= 4 is 17.5 Å². The zero-order valence-corrected chi connectivity index (χ0v) is 13.9. The van der Waals surface area contributed by atoms with Crippen LogP contribution in [0, 0.1) is 13.8 Å². The van der Waals surface area contributed by atoms with Crippen molar-refractivity contribution in [3.05, 3.63) is 40.7 Å². The van der Waals surface area contributed by atoms with Gasteiger partial charge in [-0.3, -0.25) is 4.79 Å². The lowest BCUT2D eigenvalue weighted by molar-refractivity contribution is -0.147. The Hall–Kier alpha value is -1.83. The van der Waals surface area contributed by atoms with Gasteiger partial charge in [0.2, 0.25) is 5.82 Å². The Morgan fingerprint density at radius 3 is 2.48 bits per heavy atom. The molecule has 1 heterocycles. The largest absolute Gasteiger partial charge is 0.451 e. The van der Waals surface area contributed by atoms with E-state index < -0.39 is 17.3 Å². The minimum absolute atomic E-state index is 0.0588. The molecule has 0 fully saturated rings. The molecule has 0 N–H and O–H groups in total. The number of halogens is 3. The summed E-state index contributed by atoms with van der Waals surface area (Å²) < 4.78 is 39.0. The summed E-state index contributed by atoms with van der Waals surface area (Å²) in [5.74, 6) is -1.22. The molecule has 0 saturated carbocycles. The zero-order valence-electron chi connectivity index (χ0n) is 13.1. The minimum Gasteiger partial charge on any atom is -0.302 e. The zero-order chi connectivity index (χ0) is 17.4. The van der Waals surface area contributed by atoms with Gasteiger partial charge >= 0.3 is 6.18 Å². The molecule has 0 radical (unpaired) electrons. The van der Waals surface area contributed by atoms with Crippen LogP contribution in [0.3, 0.4) is 0 Å². The number of carbonyl (C=O) groups excluding carboxylic acids is 1. The lowest BCUT2D eigenvalue weighted by Crippen LogP contribution is -2.17. The van der Waals surface area contributed by atoms with Gasteiger partial charge in [0.05, 0.1) is 5.25 Å². The fraction of sp³-hybridized carbons (Fsp3) is 0.400. The second-order valence-corrected chi connectivity index (χ2v) is 6.61. The van der Waals surface area contributed by atoms with E-state index in [1.54, 1.807) is 13.0 Å². The van der Waals surface area contributed by atoms with E-state index in [0.717, 1.165) is 27.5 Å². The summed E-state index contributed by atoms with van der Waals surface area (Å²) in [6.07, 6.45) is -4.57. The monoisotopic (exact) mass is 343 g/mol. The molecule has 0 amide bonds. The van der Waals surface area contributed by atoms with E-state index in [-0.39, 0.29) is 10.9 Å². The van der Waals surface area contributed by atoms with Crippen LogP contribution in [0.2, 0.25) is 0 Å². The lowest BCUT2D eigenvalue weighted by Gasteiger charge is -2.12. The minimum atomic E-state index is -4.57. The van der Waals surface area contributed by atoms with Crippen molar-refractivity contribution in [3.8, 4) is 0 Å². The molecule has 0 saturated heterocycles. The topological polar surface area (TPSA) is 47.8 Å². The van der Waals surface area contributed by atoms with Crippen LogP contribution in [0.1, 0.15) is 34.2 Å². The number of hydrogen-bond donors (Lipinski definition) is 0. The van der Waals surface area contributed by atoms with Crippen LogP contribution in [-0.4, -0.2) is 25.8 Å². The van der Waals surface area contributed by atoms with E-state index >= 15 is 0 Å². The van der Waals surface area contributed by atoms with E-state index in [1.807, 2.05) is 26.0 Å². The van der Waals surface area contributed by atoms with Crippen molar-refractivity contribution in [2.75, 3.05) is 0 Å².